The number of nitrogens with one attached hydrogen (secondary N) is 1. The van der Waals surface area contributed by atoms with Crippen LogP contribution in [0.4, 0.5) is 5.69 Å². The fraction of sp³-hybridized carbons (Fsp3) is 0.364. The van der Waals surface area contributed by atoms with Crippen LogP contribution in [0.2, 0.25) is 0 Å². The van der Waals surface area contributed by atoms with Crippen LogP contribution in [-0.2, 0) is 14.8 Å². The van der Waals surface area contributed by atoms with Gasteiger partial charge in [-0.05, 0) is 57.4 Å². The molecule has 29 heavy (non-hydrogen) atoms. The molecule has 1 heterocycles. The van der Waals surface area contributed by atoms with Gasteiger partial charge in [-0.3, -0.25) is 9.59 Å². The van der Waals surface area contributed by atoms with Crippen molar-refractivity contribution in [1.82, 2.24) is 4.31 Å². The van der Waals surface area contributed by atoms with E-state index in [0.717, 1.165) is 11.1 Å². The number of benzene rings is 2. The summed E-state index contributed by atoms with van der Waals surface area (Å²) in [4.78, 5) is 24.4. The standard InChI is InChI=1S/C22H26N2O4S/c1-15-7-8-21(16(2)13-15)29(27,28)24-11-9-18(10-12-24)22(26)23-20-6-4-5-19(14-20)17(3)25/h4-8,13-14,18H,9-12H2,1-3H3,(H,23,26). The van der Waals surface area contributed by atoms with E-state index in [0.29, 0.717) is 42.1 Å². The van der Waals surface area contributed by atoms with Crippen molar-refractivity contribution >= 4 is 27.4 Å². The molecule has 0 saturated carbocycles. The molecular formula is C22H26N2O4S. The highest BCUT2D eigenvalue weighted by Gasteiger charge is 2.32. The van der Waals surface area contributed by atoms with Gasteiger partial charge in [0.15, 0.2) is 5.78 Å². The maximum Gasteiger partial charge on any atom is 0.243 e. The molecule has 0 radical (unpaired) electrons. The van der Waals surface area contributed by atoms with Crippen LogP contribution in [0.15, 0.2) is 47.4 Å². The van der Waals surface area contributed by atoms with Crippen LogP contribution in [-0.4, -0.2) is 37.5 Å². The number of amides is 1. The first-order valence-corrected chi connectivity index (χ1v) is 11.1. The van der Waals surface area contributed by atoms with E-state index in [9.17, 15) is 18.0 Å². The zero-order valence-electron chi connectivity index (χ0n) is 16.9. The summed E-state index contributed by atoms with van der Waals surface area (Å²) in [6.45, 7) is 5.82. The number of nitrogens with zero attached hydrogens (tertiary/aromatic N) is 1. The van der Waals surface area contributed by atoms with Gasteiger partial charge in [0.25, 0.3) is 0 Å². The summed E-state index contributed by atoms with van der Waals surface area (Å²) < 4.78 is 27.4. The minimum absolute atomic E-state index is 0.0639. The Bertz CT molecular complexity index is 1040. The van der Waals surface area contributed by atoms with E-state index in [1.807, 2.05) is 13.0 Å². The van der Waals surface area contributed by atoms with Gasteiger partial charge in [-0.25, -0.2) is 8.42 Å². The molecule has 1 aliphatic heterocycles. The van der Waals surface area contributed by atoms with Gasteiger partial charge in [-0.15, -0.1) is 0 Å². The molecule has 0 atom stereocenters. The number of piperidine rings is 1. The second-order valence-corrected chi connectivity index (χ2v) is 9.48. The van der Waals surface area contributed by atoms with E-state index in [1.165, 1.54) is 11.2 Å². The minimum atomic E-state index is -3.57. The lowest BCUT2D eigenvalue weighted by Gasteiger charge is -2.31. The SMILES string of the molecule is CC(=O)c1cccc(NC(=O)C2CCN(S(=O)(=O)c3ccc(C)cc3C)CC2)c1. The molecule has 1 N–H and O–H groups in total. The number of ketones is 1. The summed E-state index contributed by atoms with van der Waals surface area (Å²) >= 11 is 0. The third-order valence-corrected chi connectivity index (χ3v) is 7.37. The average Bonchev–Trinajstić information content (AvgIpc) is 2.68. The first-order chi connectivity index (χ1) is 13.7. The number of sulfonamides is 1. The van der Waals surface area contributed by atoms with Gasteiger partial charge in [0.2, 0.25) is 15.9 Å². The maximum atomic E-state index is 13.0. The van der Waals surface area contributed by atoms with Crippen molar-refractivity contribution in [2.75, 3.05) is 18.4 Å². The number of carbonyl (C=O) groups is 2. The molecule has 1 aliphatic rings. The molecule has 2 aromatic rings. The number of anilines is 1. The van der Waals surface area contributed by atoms with Gasteiger partial charge in [0.1, 0.15) is 0 Å². The molecule has 0 spiro atoms. The van der Waals surface area contributed by atoms with Crippen LogP contribution in [0.1, 0.15) is 41.3 Å². The van der Waals surface area contributed by atoms with Crippen LogP contribution >= 0.6 is 0 Å². The van der Waals surface area contributed by atoms with E-state index >= 15 is 0 Å². The minimum Gasteiger partial charge on any atom is -0.326 e. The van der Waals surface area contributed by atoms with Crippen molar-refractivity contribution in [3.8, 4) is 0 Å². The van der Waals surface area contributed by atoms with Gasteiger partial charge in [-0.2, -0.15) is 4.31 Å². The molecule has 0 aromatic heterocycles. The van der Waals surface area contributed by atoms with Gasteiger partial charge >= 0.3 is 0 Å². The molecule has 1 fully saturated rings. The van der Waals surface area contributed by atoms with Crippen molar-refractivity contribution in [3.63, 3.8) is 0 Å². The smallest absolute Gasteiger partial charge is 0.243 e. The molecule has 1 amide bonds. The van der Waals surface area contributed by atoms with Gasteiger partial charge in [0.05, 0.1) is 4.90 Å². The largest absolute Gasteiger partial charge is 0.326 e. The first-order valence-electron chi connectivity index (χ1n) is 9.68. The lowest BCUT2D eigenvalue weighted by atomic mass is 9.97. The van der Waals surface area contributed by atoms with Crippen LogP contribution < -0.4 is 5.32 Å². The van der Waals surface area contributed by atoms with Crippen molar-refractivity contribution in [2.24, 2.45) is 5.92 Å². The molecule has 3 rings (SSSR count). The Balaban J connectivity index is 1.64. The predicted octanol–water partition coefficient (Wildman–Crippen LogP) is 3.55. The highest BCUT2D eigenvalue weighted by Crippen LogP contribution is 2.27. The van der Waals surface area contributed by atoms with Crippen LogP contribution in [0.3, 0.4) is 0 Å². The fourth-order valence-corrected chi connectivity index (χ4v) is 5.32. The van der Waals surface area contributed by atoms with Crippen LogP contribution in [0.5, 0.6) is 0 Å². The number of hydrogen-bond acceptors (Lipinski definition) is 4. The third-order valence-electron chi connectivity index (χ3n) is 5.31. The molecule has 6 nitrogen and oxygen atoms in total. The third kappa shape index (κ3) is 4.74. The highest BCUT2D eigenvalue weighted by molar-refractivity contribution is 7.89. The number of hydrogen-bond donors (Lipinski definition) is 1. The molecule has 0 aliphatic carbocycles. The second kappa shape index (κ2) is 8.47. The fourth-order valence-electron chi connectivity index (χ4n) is 3.65. The first kappa shape index (κ1) is 21.2. The average molecular weight is 415 g/mol. The van der Waals surface area contributed by atoms with Crippen LogP contribution in [0.25, 0.3) is 0 Å². The van der Waals surface area contributed by atoms with Crippen molar-refractivity contribution in [2.45, 2.75) is 38.5 Å². The van der Waals surface area contributed by atoms with E-state index in [1.54, 1.807) is 43.3 Å². The number of carbonyl (C=O) groups excluding carboxylic acids is 2. The van der Waals surface area contributed by atoms with Crippen molar-refractivity contribution in [1.29, 1.82) is 0 Å². The topological polar surface area (TPSA) is 83.6 Å². The Kier molecular flexibility index (Phi) is 6.19. The Hall–Kier alpha value is -2.51. The molecule has 154 valence electrons. The molecule has 2 aromatic carbocycles. The molecule has 7 heteroatoms. The molecule has 1 saturated heterocycles. The summed E-state index contributed by atoms with van der Waals surface area (Å²) in [6.07, 6.45) is 0.921. The Morgan fingerprint density at radius 2 is 1.72 bits per heavy atom. The molecular weight excluding hydrogens is 388 g/mol. The van der Waals surface area contributed by atoms with Crippen molar-refractivity contribution < 1.29 is 18.0 Å². The quantitative estimate of drug-likeness (QED) is 0.759. The molecule has 0 unspecified atom stereocenters. The maximum absolute atomic E-state index is 13.0. The summed E-state index contributed by atoms with van der Waals surface area (Å²) in [7, 11) is -3.57. The van der Waals surface area contributed by atoms with E-state index in [-0.39, 0.29) is 17.6 Å². The Morgan fingerprint density at radius 3 is 2.34 bits per heavy atom. The number of aryl methyl sites for hydroxylation is 2. The predicted molar refractivity (Wildman–Crippen MR) is 112 cm³/mol. The van der Waals surface area contributed by atoms with E-state index < -0.39 is 10.0 Å². The molecule has 0 bridgehead atoms. The zero-order chi connectivity index (χ0) is 21.2. The normalized spacial score (nSPS) is 15.8. The summed E-state index contributed by atoms with van der Waals surface area (Å²) in [6, 6.07) is 12.1. The van der Waals surface area contributed by atoms with Crippen LogP contribution in [0, 0.1) is 19.8 Å². The number of Topliss-reactive ketones (excluding diaryl/α,β-unsaturated/α-hetero) is 1. The van der Waals surface area contributed by atoms with Crippen molar-refractivity contribution in [3.05, 3.63) is 59.2 Å². The van der Waals surface area contributed by atoms with Gasteiger partial charge in [-0.1, -0.05) is 29.8 Å². The van der Waals surface area contributed by atoms with Gasteiger partial charge in [0, 0.05) is 30.3 Å². The Morgan fingerprint density at radius 1 is 1.03 bits per heavy atom. The van der Waals surface area contributed by atoms with E-state index in [4.69, 9.17) is 0 Å². The van der Waals surface area contributed by atoms with E-state index in [2.05, 4.69) is 5.32 Å². The lowest BCUT2D eigenvalue weighted by Crippen LogP contribution is -2.41. The lowest BCUT2D eigenvalue weighted by molar-refractivity contribution is -0.120. The van der Waals surface area contributed by atoms with Gasteiger partial charge < -0.3 is 5.32 Å². The summed E-state index contributed by atoms with van der Waals surface area (Å²) in [5.41, 5.74) is 2.87. The summed E-state index contributed by atoms with van der Waals surface area (Å²) in [5, 5.41) is 2.85. The zero-order valence-corrected chi connectivity index (χ0v) is 17.8. The highest BCUT2D eigenvalue weighted by atomic mass is 32.2. The second-order valence-electron chi connectivity index (χ2n) is 7.57. The Labute approximate surface area is 172 Å². The number of rotatable bonds is 5. The summed E-state index contributed by atoms with van der Waals surface area (Å²) in [5.74, 6) is -0.471. The monoisotopic (exact) mass is 414 g/mol.